The number of aromatic nitrogens is 3. The highest BCUT2D eigenvalue weighted by atomic mass is 16.6. The Labute approximate surface area is 196 Å². The summed E-state index contributed by atoms with van der Waals surface area (Å²) in [4.78, 5) is 30.3. The summed E-state index contributed by atoms with van der Waals surface area (Å²) in [7, 11) is 4.81. The van der Waals surface area contributed by atoms with Crippen LogP contribution in [0.2, 0.25) is 0 Å². The molecule has 33 heavy (non-hydrogen) atoms. The maximum Gasteiger partial charge on any atom is 0.335 e. The molecule has 1 aromatic heterocycles. The molecule has 2 amide bonds. The molecule has 0 fully saturated rings. The smallest absolute Gasteiger partial charge is 0.335 e. The summed E-state index contributed by atoms with van der Waals surface area (Å²) in [6, 6.07) is 7.46. The zero-order valence-electron chi connectivity index (χ0n) is 20.5. The number of hydrogen-bond donors (Lipinski definition) is 1. The molecule has 0 spiro atoms. The number of nitrogens with one attached hydrogen (secondary N) is 1. The number of carbonyl (C=O) groups is 2. The first kappa shape index (κ1) is 26.3. The number of nitrogens with zero attached hydrogens (tertiary/aromatic N) is 4. The molecular weight excluding hydrogens is 422 g/mol. The van der Waals surface area contributed by atoms with Crippen molar-refractivity contribution in [2.75, 3.05) is 32.2 Å². The molecule has 0 aliphatic rings. The average Bonchev–Trinajstić information content (AvgIpc) is 3.21. The van der Waals surface area contributed by atoms with Crippen LogP contribution in [0.1, 0.15) is 51.5 Å². The number of amides is 2. The predicted molar refractivity (Wildman–Crippen MR) is 128 cm³/mol. The van der Waals surface area contributed by atoms with E-state index < -0.39 is 6.10 Å². The summed E-state index contributed by atoms with van der Waals surface area (Å²) >= 11 is 0. The van der Waals surface area contributed by atoms with Crippen LogP contribution in [0, 0.1) is 0 Å². The Morgan fingerprint density at radius 3 is 2.45 bits per heavy atom. The highest BCUT2D eigenvalue weighted by molar-refractivity contribution is 5.89. The van der Waals surface area contributed by atoms with Gasteiger partial charge in [-0.3, -0.25) is 4.90 Å². The van der Waals surface area contributed by atoms with Crippen LogP contribution in [0.3, 0.4) is 0 Å². The van der Waals surface area contributed by atoms with Crippen LogP contribution in [0.4, 0.5) is 10.7 Å². The molecule has 0 saturated carbocycles. The SMILES string of the molecule is CCCCCCCNC(=O)N(C)c1nc(-c2ccc(CC(OCC)C(=O)OC)cc2)n(C)n1. The Hall–Kier alpha value is -2.94. The molecule has 1 N–H and O–H groups in total. The molecule has 0 radical (unpaired) electrons. The average molecular weight is 460 g/mol. The standard InChI is InChI=1S/C24H37N5O4/c1-6-8-9-10-11-16-25-24(31)28(3)23-26-21(29(4)27-23)19-14-12-18(13-15-19)17-20(33-7-2)22(30)32-5/h12-15,20H,6-11,16-17H2,1-5H3,(H,25,31). The summed E-state index contributed by atoms with van der Waals surface area (Å²) < 4.78 is 12.0. The predicted octanol–water partition coefficient (Wildman–Crippen LogP) is 3.72. The lowest BCUT2D eigenvalue weighted by Gasteiger charge is -2.14. The Morgan fingerprint density at radius 2 is 1.82 bits per heavy atom. The molecule has 0 bridgehead atoms. The lowest BCUT2D eigenvalue weighted by atomic mass is 10.1. The van der Waals surface area contributed by atoms with Crippen LogP contribution in [0.25, 0.3) is 11.4 Å². The number of aryl methyl sites for hydroxylation is 1. The number of anilines is 1. The minimum atomic E-state index is -0.633. The van der Waals surface area contributed by atoms with E-state index in [9.17, 15) is 9.59 Å². The van der Waals surface area contributed by atoms with Crippen molar-refractivity contribution < 1.29 is 19.1 Å². The van der Waals surface area contributed by atoms with Crippen molar-refractivity contribution in [1.29, 1.82) is 0 Å². The molecule has 1 heterocycles. The largest absolute Gasteiger partial charge is 0.467 e. The number of hydrogen-bond acceptors (Lipinski definition) is 6. The van der Waals surface area contributed by atoms with E-state index in [0.29, 0.717) is 31.3 Å². The van der Waals surface area contributed by atoms with Crippen molar-refractivity contribution >= 4 is 17.9 Å². The third kappa shape index (κ3) is 7.85. The second-order valence-corrected chi connectivity index (χ2v) is 7.93. The third-order valence-electron chi connectivity index (χ3n) is 5.38. The van der Waals surface area contributed by atoms with Gasteiger partial charge in [0.15, 0.2) is 11.9 Å². The Bertz CT molecular complexity index is 881. The van der Waals surface area contributed by atoms with Crippen molar-refractivity contribution in [3.63, 3.8) is 0 Å². The van der Waals surface area contributed by atoms with Crippen LogP contribution in [-0.2, 0) is 27.7 Å². The molecule has 9 nitrogen and oxygen atoms in total. The molecule has 182 valence electrons. The van der Waals surface area contributed by atoms with Crippen LogP contribution >= 0.6 is 0 Å². The first-order valence-electron chi connectivity index (χ1n) is 11.6. The van der Waals surface area contributed by atoms with Gasteiger partial charge in [-0.2, -0.15) is 4.98 Å². The molecule has 1 aromatic carbocycles. The van der Waals surface area contributed by atoms with E-state index >= 15 is 0 Å². The molecular formula is C24H37N5O4. The molecule has 0 aliphatic carbocycles. The van der Waals surface area contributed by atoms with Crippen LogP contribution < -0.4 is 10.2 Å². The zero-order chi connectivity index (χ0) is 24.2. The molecule has 1 atom stereocenters. The number of esters is 1. The summed E-state index contributed by atoms with van der Waals surface area (Å²) in [6.45, 7) is 5.10. The van der Waals surface area contributed by atoms with Gasteiger partial charge in [-0.15, -0.1) is 5.10 Å². The molecule has 0 aliphatic heterocycles. The topological polar surface area (TPSA) is 98.6 Å². The number of rotatable bonds is 13. The van der Waals surface area contributed by atoms with Crippen molar-refractivity contribution in [3.8, 4) is 11.4 Å². The second kappa shape index (κ2) is 13.6. The van der Waals surface area contributed by atoms with Gasteiger partial charge >= 0.3 is 12.0 Å². The van der Waals surface area contributed by atoms with Gasteiger partial charge in [0.05, 0.1) is 7.11 Å². The normalized spacial score (nSPS) is 11.8. The summed E-state index contributed by atoms with van der Waals surface area (Å²) in [5.41, 5.74) is 1.80. The van der Waals surface area contributed by atoms with Gasteiger partial charge in [0.25, 0.3) is 5.95 Å². The Balaban J connectivity index is 1.99. The van der Waals surface area contributed by atoms with Crippen molar-refractivity contribution in [3.05, 3.63) is 29.8 Å². The van der Waals surface area contributed by atoms with E-state index in [4.69, 9.17) is 9.47 Å². The fourth-order valence-corrected chi connectivity index (χ4v) is 3.44. The molecule has 1 unspecified atom stereocenters. The van der Waals surface area contributed by atoms with E-state index in [1.807, 2.05) is 31.2 Å². The van der Waals surface area contributed by atoms with E-state index in [1.54, 1.807) is 18.8 Å². The minimum absolute atomic E-state index is 0.220. The summed E-state index contributed by atoms with van der Waals surface area (Å²) in [5.74, 6) is 0.591. The highest BCUT2D eigenvalue weighted by Crippen LogP contribution is 2.21. The fourth-order valence-electron chi connectivity index (χ4n) is 3.44. The summed E-state index contributed by atoms with van der Waals surface area (Å²) in [5, 5.41) is 7.32. The van der Waals surface area contributed by atoms with Crippen LogP contribution in [0.5, 0.6) is 0 Å². The molecule has 0 saturated heterocycles. The van der Waals surface area contributed by atoms with E-state index in [-0.39, 0.29) is 12.0 Å². The van der Waals surface area contributed by atoms with Gasteiger partial charge < -0.3 is 14.8 Å². The zero-order valence-corrected chi connectivity index (χ0v) is 20.5. The van der Waals surface area contributed by atoms with Crippen molar-refractivity contribution in [1.82, 2.24) is 20.1 Å². The quantitative estimate of drug-likeness (QED) is 0.362. The van der Waals surface area contributed by atoms with Crippen molar-refractivity contribution in [2.45, 2.75) is 58.5 Å². The number of urea groups is 1. The maximum absolute atomic E-state index is 12.4. The lowest BCUT2D eigenvalue weighted by molar-refractivity contribution is -0.153. The van der Waals surface area contributed by atoms with E-state index in [2.05, 4.69) is 22.3 Å². The number of carbonyl (C=O) groups excluding carboxylic acids is 2. The highest BCUT2D eigenvalue weighted by Gasteiger charge is 2.21. The van der Waals surface area contributed by atoms with Crippen molar-refractivity contribution in [2.24, 2.45) is 7.05 Å². The lowest BCUT2D eigenvalue weighted by Crippen LogP contribution is -2.38. The first-order chi connectivity index (χ1) is 15.9. The Morgan fingerprint density at radius 1 is 1.12 bits per heavy atom. The molecule has 2 rings (SSSR count). The third-order valence-corrected chi connectivity index (χ3v) is 5.38. The van der Waals surface area contributed by atoms with Gasteiger partial charge in [-0.1, -0.05) is 56.9 Å². The minimum Gasteiger partial charge on any atom is -0.467 e. The Kier molecular flexibility index (Phi) is 10.8. The summed E-state index contributed by atoms with van der Waals surface area (Å²) in [6.07, 6.45) is 5.50. The molecule has 2 aromatic rings. The monoisotopic (exact) mass is 459 g/mol. The van der Waals surface area contributed by atoms with E-state index in [0.717, 1.165) is 24.0 Å². The number of benzene rings is 1. The first-order valence-corrected chi connectivity index (χ1v) is 11.6. The molecule has 9 heteroatoms. The van der Waals surface area contributed by atoms with Gasteiger partial charge in [-0.25, -0.2) is 14.3 Å². The number of unbranched alkanes of at least 4 members (excludes halogenated alkanes) is 4. The van der Waals surface area contributed by atoms with Gasteiger partial charge in [0.2, 0.25) is 0 Å². The number of ether oxygens (including phenoxy) is 2. The van der Waals surface area contributed by atoms with Crippen LogP contribution in [0.15, 0.2) is 24.3 Å². The maximum atomic E-state index is 12.4. The second-order valence-electron chi connectivity index (χ2n) is 7.93. The fraction of sp³-hybridized carbons (Fsp3) is 0.583. The van der Waals surface area contributed by atoms with Crippen LogP contribution in [-0.4, -0.2) is 60.2 Å². The number of methoxy groups -OCH3 is 1. The van der Waals surface area contributed by atoms with Gasteiger partial charge in [0.1, 0.15) is 0 Å². The van der Waals surface area contributed by atoms with E-state index in [1.165, 1.54) is 31.3 Å². The van der Waals surface area contributed by atoms with Gasteiger partial charge in [0, 0.05) is 39.2 Å². The van der Waals surface area contributed by atoms with Gasteiger partial charge in [-0.05, 0) is 18.9 Å².